The third kappa shape index (κ3) is 2.87. The normalized spacial score (nSPS) is 18.6. The van der Waals surface area contributed by atoms with Gasteiger partial charge in [-0.05, 0) is 31.4 Å². The van der Waals surface area contributed by atoms with Gasteiger partial charge < -0.3 is 5.32 Å². The van der Waals surface area contributed by atoms with E-state index in [0.717, 1.165) is 24.8 Å². The van der Waals surface area contributed by atoms with Gasteiger partial charge in [-0.2, -0.15) is 0 Å². The first-order chi connectivity index (χ1) is 8.26. The molecule has 0 unspecified atom stereocenters. The zero-order valence-electron chi connectivity index (χ0n) is 10.5. The van der Waals surface area contributed by atoms with Gasteiger partial charge >= 0.3 is 0 Å². The van der Waals surface area contributed by atoms with Crippen LogP contribution in [0.3, 0.4) is 0 Å². The van der Waals surface area contributed by atoms with Crippen molar-refractivity contribution in [1.29, 1.82) is 0 Å². The van der Waals surface area contributed by atoms with Crippen molar-refractivity contribution < 1.29 is 4.79 Å². The van der Waals surface area contributed by atoms with Crippen molar-refractivity contribution in [2.24, 2.45) is 0 Å². The highest BCUT2D eigenvalue weighted by molar-refractivity contribution is 5.94. The summed E-state index contributed by atoms with van der Waals surface area (Å²) in [5.74, 6) is 0.0781. The van der Waals surface area contributed by atoms with E-state index in [2.05, 4.69) is 12.2 Å². The van der Waals surface area contributed by atoms with E-state index in [-0.39, 0.29) is 11.4 Å². The molecular weight excluding hydrogens is 210 g/mol. The number of hydrogen-bond acceptors (Lipinski definition) is 1. The van der Waals surface area contributed by atoms with Gasteiger partial charge in [0.05, 0.1) is 0 Å². The fourth-order valence-electron chi connectivity index (χ4n) is 2.70. The Balaban J connectivity index is 2.06. The lowest BCUT2D eigenvalue weighted by Crippen LogP contribution is -2.49. The predicted octanol–water partition coefficient (Wildman–Crippen LogP) is 3.53. The minimum absolute atomic E-state index is 0.0468. The maximum absolute atomic E-state index is 12.2. The van der Waals surface area contributed by atoms with E-state index >= 15 is 0 Å². The summed E-state index contributed by atoms with van der Waals surface area (Å²) < 4.78 is 0. The molecule has 2 nitrogen and oxygen atoms in total. The SMILES string of the molecule is CCC1(NC(=O)c2ccccc2)CCCCC1. The maximum Gasteiger partial charge on any atom is 0.251 e. The number of amides is 1. The average Bonchev–Trinajstić information content (AvgIpc) is 2.41. The molecule has 0 bridgehead atoms. The minimum Gasteiger partial charge on any atom is -0.347 e. The van der Waals surface area contributed by atoms with Crippen LogP contribution < -0.4 is 5.32 Å². The molecule has 92 valence electrons. The summed E-state index contributed by atoms with van der Waals surface area (Å²) in [7, 11) is 0. The molecule has 1 fully saturated rings. The summed E-state index contributed by atoms with van der Waals surface area (Å²) >= 11 is 0. The molecule has 0 saturated heterocycles. The van der Waals surface area contributed by atoms with Gasteiger partial charge in [0.2, 0.25) is 0 Å². The van der Waals surface area contributed by atoms with E-state index in [1.165, 1.54) is 19.3 Å². The quantitative estimate of drug-likeness (QED) is 0.847. The Morgan fingerprint density at radius 3 is 2.41 bits per heavy atom. The van der Waals surface area contributed by atoms with E-state index in [0.29, 0.717) is 0 Å². The number of hydrogen-bond donors (Lipinski definition) is 1. The standard InChI is InChI=1S/C15H21NO/c1-2-15(11-7-4-8-12-15)16-14(17)13-9-5-3-6-10-13/h3,5-6,9-10H,2,4,7-8,11-12H2,1H3,(H,16,17). The maximum atomic E-state index is 12.2. The smallest absolute Gasteiger partial charge is 0.251 e. The molecule has 2 heteroatoms. The average molecular weight is 231 g/mol. The molecule has 17 heavy (non-hydrogen) atoms. The molecule has 1 aliphatic rings. The molecule has 1 saturated carbocycles. The topological polar surface area (TPSA) is 29.1 Å². The fourth-order valence-corrected chi connectivity index (χ4v) is 2.70. The van der Waals surface area contributed by atoms with Crippen molar-refractivity contribution in [3.8, 4) is 0 Å². The summed E-state index contributed by atoms with van der Waals surface area (Å²) in [4.78, 5) is 12.2. The summed E-state index contributed by atoms with van der Waals surface area (Å²) in [6.07, 6.45) is 7.07. The van der Waals surface area contributed by atoms with Gasteiger partial charge in [0.15, 0.2) is 0 Å². The zero-order valence-corrected chi connectivity index (χ0v) is 10.5. The number of nitrogens with one attached hydrogen (secondary N) is 1. The van der Waals surface area contributed by atoms with E-state index in [1.807, 2.05) is 30.3 Å². The molecule has 1 amide bonds. The lowest BCUT2D eigenvalue weighted by atomic mass is 9.79. The van der Waals surface area contributed by atoms with Crippen LogP contribution in [0, 0.1) is 0 Å². The molecule has 1 N–H and O–H groups in total. The molecule has 1 aromatic rings. The molecule has 2 rings (SSSR count). The summed E-state index contributed by atoms with van der Waals surface area (Å²) in [5, 5.41) is 3.26. The first-order valence-corrected chi connectivity index (χ1v) is 6.63. The Morgan fingerprint density at radius 1 is 1.18 bits per heavy atom. The van der Waals surface area contributed by atoms with Crippen LogP contribution in [-0.2, 0) is 0 Å². The lowest BCUT2D eigenvalue weighted by molar-refractivity contribution is 0.0864. The Labute approximate surface area is 103 Å². The fraction of sp³-hybridized carbons (Fsp3) is 0.533. The summed E-state index contributed by atoms with van der Waals surface area (Å²) in [5.41, 5.74) is 0.816. The molecule has 0 radical (unpaired) electrons. The van der Waals surface area contributed by atoms with Gasteiger partial charge in [0.25, 0.3) is 5.91 Å². The predicted molar refractivity (Wildman–Crippen MR) is 70.0 cm³/mol. The molecule has 0 heterocycles. The monoisotopic (exact) mass is 231 g/mol. The Morgan fingerprint density at radius 2 is 1.82 bits per heavy atom. The second-order valence-electron chi connectivity index (χ2n) is 5.01. The van der Waals surface area contributed by atoms with Crippen molar-refractivity contribution in [2.45, 2.75) is 51.0 Å². The van der Waals surface area contributed by atoms with Crippen LogP contribution in [0.2, 0.25) is 0 Å². The molecule has 1 aromatic carbocycles. The van der Waals surface area contributed by atoms with Crippen LogP contribution in [0.4, 0.5) is 0 Å². The first kappa shape index (κ1) is 12.2. The Bertz CT molecular complexity index is 366. The van der Waals surface area contributed by atoms with Gasteiger partial charge in [0, 0.05) is 11.1 Å². The third-order valence-electron chi connectivity index (χ3n) is 3.90. The van der Waals surface area contributed by atoms with E-state index < -0.39 is 0 Å². The zero-order chi connectivity index (χ0) is 12.1. The second kappa shape index (κ2) is 5.35. The number of carbonyl (C=O) groups excluding carboxylic acids is 1. The second-order valence-corrected chi connectivity index (χ2v) is 5.01. The van der Waals surface area contributed by atoms with Crippen molar-refractivity contribution in [3.05, 3.63) is 35.9 Å². The first-order valence-electron chi connectivity index (χ1n) is 6.63. The van der Waals surface area contributed by atoms with Gasteiger partial charge in [-0.25, -0.2) is 0 Å². The van der Waals surface area contributed by atoms with Crippen molar-refractivity contribution in [3.63, 3.8) is 0 Å². The number of carbonyl (C=O) groups is 1. The van der Waals surface area contributed by atoms with Crippen molar-refractivity contribution in [1.82, 2.24) is 5.32 Å². The van der Waals surface area contributed by atoms with Crippen molar-refractivity contribution in [2.75, 3.05) is 0 Å². The number of benzene rings is 1. The lowest BCUT2D eigenvalue weighted by Gasteiger charge is -2.37. The number of rotatable bonds is 3. The minimum atomic E-state index is 0.0468. The van der Waals surface area contributed by atoms with Crippen LogP contribution in [-0.4, -0.2) is 11.4 Å². The van der Waals surface area contributed by atoms with Gasteiger partial charge in [0.1, 0.15) is 0 Å². The molecule has 0 aliphatic heterocycles. The Kier molecular flexibility index (Phi) is 3.82. The van der Waals surface area contributed by atoms with Crippen LogP contribution >= 0.6 is 0 Å². The molecule has 0 spiro atoms. The molecular formula is C15H21NO. The van der Waals surface area contributed by atoms with Crippen LogP contribution in [0.15, 0.2) is 30.3 Å². The Hall–Kier alpha value is -1.31. The van der Waals surface area contributed by atoms with Gasteiger partial charge in [-0.15, -0.1) is 0 Å². The van der Waals surface area contributed by atoms with Crippen molar-refractivity contribution >= 4 is 5.91 Å². The highest BCUT2D eigenvalue weighted by atomic mass is 16.1. The van der Waals surface area contributed by atoms with Crippen LogP contribution in [0.5, 0.6) is 0 Å². The van der Waals surface area contributed by atoms with Crippen LogP contribution in [0.25, 0.3) is 0 Å². The van der Waals surface area contributed by atoms with E-state index in [4.69, 9.17) is 0 Å². The molecule has 0 atom stereocenters. The van der Waals surface area contributed by atoms with E-state index in [9.17, 15) is 4.79 Å². The van der Waals surface area contributed by atoms with Gasteiger partial charge in [-0.1, -0.05) is 44.4 Å². The molecule has 1 aliphatic carbocycles. The summed E-state index contributed by atoms with van der Waals surface area (Å²) in [6, 6.07) is 9.51. The summed E-state index contributed by atoms with van der Waals surface area (Å²) in [6.45, 7) is 2.18. The van der Waals surface area contributed by atoms with E-state index in [1.54, 1.807) is 0 Å². The van der Waals surface area contributed by atoms with Crippen LogP contribution in [0.1, 0.15) is 55.8 Å². The third-order valence-corrected chi connectivity index (χ3v) is 3.90. The van der Waals surface area contributed by atoms with Gasteiger partial charge in [-0.3, -0.25) is 4.79 Å². The highest BCUT2D eigenvalue weighted by Crippen LogP contribution is 2.31. The molecule has 0 aromatic heterocycles. The largest absolute Gasteiger partial charge is 0.347 e. The highest BCUT2D eigenvalue weighted by Gasteiger charge is 2.31.